The Morgan fingerprint density at radius 3 is 2.24 bits per heavy atom. The van der Waals surface area contributed by atoms with Crippen LogP contribution in [-0.2, 0) is 4.79 Å². The molecule has 1 N–H and O–H groups in total. The molecule has 0 aliphatic rings. The van der Waals surface area contributed by atoms with Crippen LogP contribution in [0.3, 0.4) is 0 Å². The van der Waals surface area contributed by atoms with E-state index in [-0.39, 0.29) is 18.2 Å². The second kappa shape index (κ2) is 7.14. The van der Waals surface area contributed by atoms with Gasteiger partial charge in [-0.15, -0.1) is 0 Å². The molecule has 0 saturated carbocycles. The molecule has 108 valence electrons. The molecule has 0 bridgehead atoms. The Kier molecular flexibility index (Phi) is 4.98. The zero-order valence-corrected chi connectivity index (χ0v) is 10.9. The van der Waals surface area contributed by atoms with Crippen LogP contribution in [0.25, 0.3) is 0 Å². The molecule has 2 aromatic rings. The average molecular weight is 290 g/mol. The number of carbonyl (C=O) groups excluding carboxylic acids is 1. The highest BCUT2D eigenvalue weighted by molar-refractivity contribution is 5.82. The molecule has 0 saturated heterocycles. The van der Waals surface area contributed by atoms with Gasteiger partial charge in [-0.25, -0.2) is 14.2 Å². The van der Waals surface area contributed by atoms with Crippen LogP contribution >= 0.6 is 0 Å². The minimum absolute atomic E-state index is 0.244. The van der Waals surface area contributed by atoms with Gasteiger partial charge in [0.15, 0.2) is 6.61 Å². The van der Waals surface area contributed by atoms with E-state index in [0.29, 0.717) is 11.3 Å². The van der Waals surface area contributed by atoms with Crippen LogP contribution in [0.1, 0.15) is 5.56 Å². The molecule has 0 fully saturated rings. The maximum Gasteiger partial charge on any atom is 0.277 e. The van der Waals surface area contributed by atoms with Crippen molar-refractivity contribution in [1.29, 1.82) is 0 Å². The van der Waals surface area contributed by atoms with Crippen molar-refractivity contribution in [2.45, 2.75) is 0 Å². The van der Waals surface area contributed by atoms with Gasteiger partial charge in [-0.2, -0.15) is 5.10 Å². The molecule has 2 rings (SSSR count). The standard InChI is InChI=1S/C15H12F2N2O2/c16-12-3-1-11(2-4-12)9-18-19-15(20)10-21-14-7-5-13(17)6-8-14/h1-9H,10H2,(H,19,20)/b18-9+. The molecule has 0 radical (unpaired) electrons. The van der Waals surface area contributed by atoms with Crippen molar-refractivity contribution in [3.05, 3.63) is 65.7 Å². The summed E-state index contributed by atoms with van der Waals surface area (Å²) in [5, 5.41) is 3.71. The van der Waals surface area contributed by atoms with Crippen LogP contribution < -0.4 is 10.2 Å². The van der Waals surface area contributed by atoms with Crippen molar-refractivity contribution >= 4 is 12.1 Å². The summed E-state index contributed by atoms with van der Waals surface area (Å²) in [7, 11) is 0. The van der Waals surface area contributed by atoms with Crippen LogP contribution in [-0.4, -0.2) is 18.7 Å². The molecule has 0 aliphatic carbocycles. The molecule has 0 heterocycles. The number of carbonyl (C=O) groups is 1. The van der Waals surface area contributed by atoms with E-state index in [4.69, 9.17) is 4.74 Å². The lowest BCUT2D eigenvalue weighted by Crippen LogP contribution is -2.24. The first-order chi connectivity index (χ1) is 10.1. The van der Waals surface area contributed by atoms with Gasteiger partial charge in [0.05, 0.1) is 6.21 Å². The number of rotatable bonds is 5. The normalized spacial score (nSPS) is 10.6. The molecule has 0 atom stereocenters. The smallest absolute Gasteiger partial charge is 0.277 e. The number of hydrogen-bond donors (Lipinski definition) is 1. The van der Waals surface area contributed by atoms with Crippen molar-refractivity contribution in [3.8, 4) is 5.75 Å². The molecule has 1 amide bonds. The topological polar surface area (TPSA) is 50.7 Å². The van der Waals surface area contributed by atoms with Gasteiger partial charge in [-0.1, -0.05) is 12.1 Å². The maximum atomic E-state index is 12.7. The van der Waals surface area contributed by atoms with Crippen molar-refractivity contribution in [1.82, 2.24) is 5.43 Å². The summed E-state index contributed by atoms with van der Waals surface area (Å²) in [5.41, 5.74) is 2.91. The number of nitrogens with one attached hydrogen (secondary N) is 1. The van der Waals surface area contributed by atoms with Gasteiger partial charge in [0, 0.05) is 0 Å². The van der Waals surface area contributed by atoms with Crippen molar-refractivity contribution < 1.29 is 18.3 Å². The van der Waals surface area contributed by atoms with Crippen molar-refractivity contribution in [2.24, 2.45) is 5.10 Å². The summed E-state index contributed by atoms with van der Waals surface area (Å²) in [6, 6.07) is 11.0. The zero-order valence-electron chi connectivity index (χ0n) is 10.9. The van der Waals surface area contributed by atoms with E-state index in [2.05, 4.69) is 10.5 Å². The highest BCUT2D eigenvalue weighted by Gasteiger charge is 2.01. The molecule has 0 aliphatic heterocycles. The lowest BCUT2D eigenvalue weighted by molar-refractivity contribution is -0.123. The summed E-state index contributed by atoms with van der Waals surface area (Å²) in [6.07, 6.45) is 1.38. The number of hydrazone groups is 1. The van der Waals surface area contributed by atoms with Gasteiger partial charge in [-0.05, 0) is 42.0 Å². The van der Waals surface area contributed by atoms with Crippen LogP contribution in [0.15, 0.2) is 53.6 Å². The van der Waals surface area contributed by atoms with Gasteiger partial charge in [0.2, 0.25) is 0 Å². The second-order valence-electron chi connectivity index (χ2n) is 4.09. The predicted octanol–water partition coefficient (Wildman–Crippen LogP) is 2.49. The first kappa shape index (κ1) is 14.6. The average Bonchev–Trinajstić information content (AvgIpc) is 2.49. The maximum absolute atomic E-state index is 12.7. The monoisotopic (exact) mass is 290 g/mol. The Morgan fingerprint density at radius 1 is 1.05 bits per heavy atom. The Bertz CT molecular complexity index is 625. The van der Waals surface area contributed by atoms with Crippen molar-refractivity contribution in [3.63, 3.8) is 0 Å². The lowest BCUT2D eigenvalue weighted by Gasteiger charge is -2.04. The van der Waals surface area contributed by atoms with E-state index < -0.39 is 5.91 Å². The van der Waals surface area contributed by atoms with Gasteiger partial charge in [0.1, 0.15) is 17.4 Å². The van der Waals surface area contributed by atoms with Gasteiger partial charge in [-0.3, -0.25) is 4.79 Å². The number of nitrogens with zero attached hydrogens (tertiary/aromatic N) is 1. The summed E-state index contributed by atoms with van der Waals surface area (Å²) in [6.45, 7) is -0.244. The Hall–Kier alpha value is -2.76. The minimum Gasteiger partial charge on any atom is -0.484 e. The van der Waals surface area contributed by atoms with Crippen LogP contribution in [0, 0.1) is 11.6 Å². The van der Waals surface area contributed by atoms with Gasteiger partial charge >= 0.3 is 0 Å². The SMILES string of the molecule is O=C(COc1ccc(F)cc1)N/N=C/c1ccc(F)cc1. The van der Waals surface area contributed by atoms with E-state index in [1.165, 1.54) is 54.7 Å². The highest BCUT2D eigenvalue weighted by atomic mass is 19.1. The van der Waals surface area contributed by atoms with Gasteiger partial charge < -0.3 is 4.74 Å². The summed E-state index contributed by atoms with van der Waals surface area (Å²) < 4.78 is 30.5. The number of halogens is 2. The third kappa shape index (κ3) is 5.02. The number of benzene rings is 2. The van der Waals surface area contributed by atoms with E-state index in [9.17, 15) is 13.6 Å². The predicted molar refractivity (Wildman–Crippen MR) is 74.0 cm³/mol. The fraction of sp³-hybridized carbons (Fsp3) is 0.0667. The first-order valence-electron chi connectivity index (χ1n) is 6.09. The highest BCUT2D eigenvalue weighted by Crippen LogP contribution is 2.10. The summed E-state index contributed by atoms with van der Waals surface area (Å²) >= 11 is 0. The summed E-state index contributed by atoms with van der Waals surface area (Å²) in [5.74, 6) is -0.800. The van der Waals surface area contributed by atoms with E-state index in [1.807, 2.05) is 0 Å². The Labute approximate surface area is 120 Å². The van der Waals surface area contributed by atoms with Gasteiger partial charge in [0.25, 0.3) is 5.91 Å². The number of ether oxygens (including phenoxy) is 1. The molecular formula is C15H12F2N2O2. The van der Waals surface area contributed by atoms with E-state index >= 15 is 0 Å². The second-order valence-corrected chi connectivity index (χ2v) is 4.09. The van der Waals surface area contributed by atoms with Crippen LogP contribution in [0.4, 0.5) is 8.78 Å². The summed E-state index contributed by atoms with van der Waals surface area (Å²) in [4.78, 5) is 11.4. The number of hydrogen-bond acceptors (Lipinski definition) is 3. The molecule has 0 aromatic heterocycles. The Morgan fingerprint density at radius 2 is 1.62 bits per heavy atom. The quantitative estimate of drug-likeness (QED) is 0.679. The third-order valence-corrected chi connectivity index (χ3v) is 2.46. The molecule has 0 unspecified atom stereocenters. The largest absolute Gasteiger partial charge is 0.484 e. The first-order valence-corrected chi connectivity index (χ1v) is 6.09. The fourth-order valence-corrected chi connectivity index (χ4v) is 1.44. The minimum atomic E-state index is -0.460. The van der Waals surface area contributed by atoms with Crippen LogP contribution in [0.5, 0.6) is 5.75 Å². The molecule has 21 heavy (non-hydrogen) atoms. The zero-order chi connectivity index (χ0) is 15.1. The Balaban J connectivity index is 1.77. The molecule has 4 nitrogen and oxygen atoms in total. The molecule has 0 spiro atoms. The van der Waals surface area contributed by atoms with Crippen LogP contribution in [0.2, 0.25) is 0 Å². The lowest BCUT2D eigenvalue weighted by atomic mass is 10.2. The van der Waals surface area contributed by atoms with E-state index in [0.717, 1.165) is 0 Å². The third-order valence-electron chi connectivity index (χ3n) is 2.46. The van der Waals surface area contributed by atoms with Crippen molar-refractivity contribution in [2.75, 3.05) is 6.61 Å². The fourth-order valence-electron chi connectivity index (χ4n) is 1.44. The molecule has 2 aromatic carbocycles. The molecular weight excluding hydrogens is 278 g/mol. The molecule has 6 heteroatoms. The number of amides is 1. The van der Waals surface area contributed by atoms with E-state index in [1.54, 1.807) is 0 Å².